The van der Waals surface area contributed by atoms with Crippen molar-refractivity contribution in [2.24, 2.45) is 0 Å². The maximum atomic E-state index is 14.1. The van der Waals surface area contributed by atoms with Crippen molar-refractivity contribution in [3.05, 3.63) is 71.0 Å². The molecular formula is C23H25F4NO. The first-order valence-corrected chi connectivity index (χ1v) is 9.49. The zero-order valence-electron chi connectivity index (χ0n) is 16.7. The molecule has 0 bridgehead atoms. The highest BCUT2D eigenvalue weighted by Crippen LogP contribution is 2.43. The molecule has 0 saturated carbocycles. The molecule has 2 aromatic carbocycles. The van der Waals surface area contributed by atoms with Crippen molar-refractivity contribution >= 4 is 11.8 Å². The van der Waals surface area contributed by atoms with E-state index >= 15 is 0 Å². The second kappa shape index (κ2) is 7.48. The van der Waals surface area contributed by atoms with Gasteiger partial charge in [0.25, 0.3) is 0 Å². The number of halogens is 4. The maximum absolute atomic E-state index is 14.1. The fourth-order valence-electron chi connectivity index (χ4n) is 4.25. The van der Waals surface area contributed by atoms with E-state index in [0.717, 1.165) is 5.56 Å². The molecule has 1 heterocycles. The molecule has 3 rings (SSSR count). The van der Waals surface area contributed by atoms with Crippen molar-refractivity contribution in [3.8, 4) is 0 Å². The fourth-order valence-corrected chi connectivity index (χ4v) is 4.25. The number of anilines is 1. The molecule has 0 aromatic heterocycles. The second-order valence-corrected chi connectivity index (χ2v) is 8.39. The number of nitrogens with zero attached hydrogens (tertiary/aromatic N) is 1. The van der Waals surface area contributed by atoms with Gasteiger partial charge in [-0.3, -0.25) is 0 Å². The Morgan fingerprint density at radius 3 is 2.41 bits per heavy atom. The summed E-state index contributed by atoms with van der Waals surface area (Å²) < 4.78 is 55.7. The predicted octanol–water partition coefficient (Wildman–Crippen LogP) is 5.63. The summed E-state index contributed by atoms with van der Waals surface area (Å²) in [5.41, 5.74) is -1.33. The standard InChI is InChI=1S/C23H25F4NO/c1-16-13-18(24)10-11-19(16)21(2,3)14-22(29,23(25,26)27)15-28-12-6-8-17-7-4-5-9-20(17)28/h4-11,13,29H,12,14-15H2,1-3H3. The van der Waals surface area contributed by atoms with Gasteiger partial charge in [-0.25, -0.2) is 4.39 Å². The fraction of sp³-hybridized carbons (Fsp3) is 0.391. The van der Waals surface area contributed by atoms with E-state index in [0.29, 0.717) is 16.8 Å². The zero-order valence-corrected chi connectivity index (χ0v) is 16.7. The molecule has 1 N–H and O–H groups in total. The van der Waals surface area contributed by atoms with Crippen LogP contribution in [0.4, 0.5) is 23.2 Å². The Bertz CT molecular complexity index is 919. The highest BCUT2D eigenvalue weighted by molar-refractivity contribution is 5.71. The Kier molecular flexibility index (Phi) is 5.52. The molecule has 0 spiro atoms. The van der Waals surface area contributed by atoms with Gasteiger partial charge < -0.3 is 10.0 Å². The summed E-state index contributed by atoms with van der Waals surface area (Å²) >= 11 is 0. The van der Waals surface area contributed by atoms with E-state index in [1.165, 1.54) is 18.2 Å². The normalized spacial score (nSPS) is 16.5. The van der Waals surface area contributed by atoms with E-state index in [-0.39, 0.29) is 6.54 Å². The third-order valence-electron chi connectivity index (χ3n) is 5.53. The number of aryl methyl sites for hydroxylation is 1. The van der Waals surface area contributed by atoms with Crippen LogP contribution in [0, 0.1) is 12.7 Å². The predicted molar refractivity (Wildman–Crippen MR) is 107 cm³/mol. The smallest absolute Gasteiger partial charge is 0.379 e. The highest BCUT2D eigenvalue weighted by atomic mass is 19.4. The van der Waals surface area contributed by atoms with E-state index in [4.69, 9.17) is 0 Å². The average molecular weight is 407 g/mol. The molecule has 2 aromatic rings. The van der Waals surface area contributed by atoms with Crippen LogP contribution in [0.25, 0.3) is 6.08 Å². The number of hydrogen-bond acceptors (Lipinski definition) is 2. The molecule has 1 aliphatic rings. The minimum atomic E-state index is -4.83. The van der Waals surface area contributed by atoms with Crippen LogP contribution in [0.1, 0.15) is 37.0 Å². The van der Waals surface area contributed by atoms with Gasteiger partial charge in [-0.15, -0.1) is 0 Å². The topological polar surface area (TPSA) is 23.5 Å². The van der Waals surface area contributed by atoms with E-state index in [2.05, 4.69) is 0 Å². The van der Waals surface area contributed by atoms with Crippen LogP contribution in [0.15, 0.2) is 48.5 Å². The van der Waals surface area contributed by atoms with E-state index in [1.807, 2.05) is 18.2 Å². The van der Waals surface area contributed by atoms with Crippen LogP contribution in [0.2, 0.25) is 0 Å². The Labute approximate surface area is 168 Å². The van der Waals surface area contributed by atoms with Crippen LogP contribution in [-0.4, -0.2) is 30.0 Å². The third-order valence-corrected chi connectivity index (χ3v) is 5.53. The van der Waals surface area contributed by atoms with Crippen molar-refractivity contribution in [1.29, 1.82) is 0 Å². The molecule has 156 valence electrons. The summed E-state index contributed by atoms with van der Waals surface area (Å²) in [4.78, 5) is 1.55. The number of rotatable bonds is 5. The van der Waals surface area contributed by atoms with Crippen LogP contribution < -0.4 is 4.90 Å². The van der Waals surface area contributed by atoms with Gasteiger partial charge in [-0.05, 0) is 53.6 Å². The van der Waals surface area contributed by atoms with Gasteiger partial charge >= 0.3 is 6.18 Å². The Morgan fingerprint density at radius 2 is 1.76 bits per heavy atom. The number of para-hydroxylation sites is 1. The van der Waals surface area contributed by atoms with Gasteiger partial charge in [0, 0.05) is 12.2 Å². The van der Waals surface area contributed by atoms with Gasteiger partial charge in [0.05, 0.1) is 6.54 Å². The average Bonchev–Trinajstić information content (AvgIpc) is 2.60. The van der Waals surface area contributed by atoms with Gasteiger partial charge in [0.15, 0.2) is 5.60 Å². The summed E-state index contributed by atoms with van der Waals surface area (Å²) in [6.07, 6.45) is -1.72. The molecule has 29 heavy (non-hydrogen) atoms. The largest absolute Gasteiger partial charge is 0.418 e. The summed E-state index contributed by atoms with van der Waals surface area (Å²) in [6, 6.07) is 11.2. The quantitative estimate of drug-likeness (QED) is 0.650. The lowest BCUT2D eigenvalue weighted by molar-refractivity contribution is -0.262. The number of fused-ring (bicyclic) bond motifs is 1. The molecule has 0 saturated heterocycles. The lowest BCUT2D eigenvalue weighted by atomic mass is 9.73. The van der Waals surface area contributed by atoms with Crippen LogP contribution in [-0.2, 0) is 5.41 Å². The van der Waals surface area contributed by atoms with Crippen molar-refractivity contribution < 1.29 is 22.7 Å². The lowest BCUT2D eigenvalue weighted by Crippen LogP contribution is -2.56. The molecule has 0 amide bonds. The second-order valence-electron chi connectivity index (χ2n) is 8.39. The lowest BCUT2D eigenvalue weighted by Gasteiger charge is -2.42. The molecule has 6 heteroatoms. The first kappa shape index (κ1) is 21.4. The molecule has 0 radical (unpaired) electrons. The van der Waals surface area contributed by atoms with Gasteiger partial charge in [-0.2, -0.15) is 13.2 Å². The van der Waals surface area contributed by atoms with Gasteiger partial charge in [0.2, 0.25) is 0 Å². The molecule has 2 nitrogen and oxygen atoms in total. The van der Waals surface area contributed by atoms with Gasteiger partial charge in [-0.1, -0.05) is 50.3 Å². The van der Waals surface area contributed by atoms with E-state index in [1.54, 1.807) is 43.9 Å². The molecule has 1 aliphatic heterocycles. The molecule has 1 atom stereocenters. The van der Waals surface area contributed by atoms with Crippen LogP contribution >= 0.6 is 0 Å². The molecule has 0 fully saturated rings. The SMILES string of the molecule is Cc1cc(F)ccc1C(C)(C)CC(O)(CN1CC=Cc2ccccc21)C(F)(F)F. The Morgan fingerprint density at radius 1 is 1.07 bits per heavy atom. The van der Waals surface area contributed by atoms with Crippen molar-refractivity contribution in [2.45, 2.75) is 44.4 Å². The van der Waals surface area contributed by atoms with Gasteiger partial charge in [0.1, 0.15) is 5.82 Å². The number of benzene rings is 2. The summed E-state index contributed by atoms with van der Waals surface area (Å²) in [6.45, 7) is 4.66. The van der Waals surface area contributed by atoms with E-state index < -0.39 is 36.0 Å². The van der Waals surface area contributed by atoms with Crippen molar-refractivity contribution in [2.75, 3.05) is 18.0 Å². The van der Waals surface area contributed by atoms with Crippen LogP contribution in [0.3, 0.4) is 0 Å². The minimum Gasteiger partial charge on any atom is -0.379 e. The van der Waals surface area contributed by atoms with Crippen molar-refractivity contribution in [3.63, 3.8) is 0 Å². The molecule has 1 unspecified atom stereocenters. The number of aliphatic hydroxyl groups is 1. The number of hydrogen-bond donors (Lipinski definition) is 1. The maximum Gasteiger partial charge on any atom is 0.418 e. The highest BCUT2D eigenvalue weighted by Gasteiger charge is 2.56. The number of β-amino-alcohol motifs (C(OH)–C–C–N with tert-alkyl or cyclic N) is 1. The summed E-state index contributed by atoms with van der Waals surface area (Å²) in [5.74, 6) is -0.440. The first-order valence-electron chi connectivity index (χ1n) is 9.49. The Hall–Kier alpha value is -2.34. The van der Waals surface area contributed by atoms with E-state index in [9.17, 15) is 22.7 Å². The summed E-state index contributed by atoms with van der Waals surface area (Å²) in [7, 11) is 0. The monoisotopic (exact) mass is 407 g/mol. The molecule has 0 aliphatic carbocycles. The Balaban J connectivity index is 1.94. The minimum absolute atomic E-state index is 0.283. The summed E-state index contributed by atoms with van der Waals surface area (Å²) in [5, 5.41) is 10.9. The van der Waals surface area contributed by atoms with Crippen molar-refractivity contribution in [1.82, 2.24) is 0 Å². The first-order chi connectivity index (χ1) is 13.4. The number of alkyl halides is 3. The molecular weight excluding hydrogens is 382 g/mol. The zero-order chi connectivity index (χ0) is 21.4. The third kappa shape index (κ3) is 4.32. The van der Waals surface area contributed by atoms with Crippen LogP contribution in [0.5, 0.6) is 0 Å².